The highest BCUT2D eigenvalue weighted by molar-refractivity contribution is 14.1. The SMILES string of the molecule is Nc1ncc([C@@H]2CC[C@@H](O)[C@@H](F)C2)nc1-c1ccc(C(=O)N[C@H](CO)c2cc(F)cc(Br)c2)c(F)c1.Nc1ncc([C@H]2CC[C@@H](O)[C@@H](F)C2)nc1-c1ccc(C(=O)N[C@H](CO)c2cc(F)cc(Br)c2)c(F)c1.Nc1ncc([C@H]2CC[C@H](O)[C@@H](F)C2)nc1-c1ccc(C(=O)N[C@H](CO)c2cc(F)cc(I)c2)c(F)c1.Nc1ncc([C@H]2CC[C@H](O)[C@H](F)C2)nc1-c1ccc(C(=O)N[C@H](CO)c2cc(F)cc(Br)c2)c(F)c1. The normalized spacial score (nSPS) is 20.7. The van der Waals surface area contributed by atoms with Crippen molar-refractivity contribution in [1.82, 2.24) is 61.1 Å². The van der Waals surface area contributed by atoms with Gasteiger partial charge in [0.1, 0.15) is 117 Å². The zero-order valence-corrected chi connectivity index (χ0v) is 82.8. The van der Waals surface area contributed by atoms with Crippen LogP contribution in [-0.2, 0) is 0 Å². The molecule has 16 atom stereocenters. The molecule has 20 N–H and O–H groups in total. The van der Waals surface area contributed by atoms with E-state index < -0.39 is 170 Å². The van der Waals surface area contributed by atoms with E-state index in [1.54, 1.807) is 6.07 Å². The van der Waals surface area contributed by atoms with Crippen molar-refractivity contribution < 1.29 is 113 Å². The lowest BCUT2D eigenvalue weighted by molar-refractivity contribution is 0.0363. The highest BCUT2D eigenvalue weighted by Crippen LogP contribution is 2.42. The fourth-order valence-electron chi connectivity index (χ4n) is 17.1. The number of aliphatic hydroxyl groups is 8. The van der Waals surface area contributed by atoms with Crippen LogP contribution < -0.4 is 44.2 Å². The van der Waals surface area contributed by atoms with Crippen LogP contribution in [0.1, 0.15) is 211 Å². The minimum absolute atomic E-state index is 0.0417. The Balaban J connectivity index is 0.000000161. The Bertz CT molecular complexity index is 5820. The summed E-state index contributed by atoms with van der Waals surface area (Å²) in [7, 11) is 0. The number of nitrogens with zero attached hydrogens (tertiary/aromatic N) is 8. The maximum atomic E-state index is 15.0. The summed E-state index contributed by atoms with van der Waals surface area (Å²) in [5, 5.41) is 87.4. The summed E-state index contributed by atoms with van der Waals surface area (Å²) >= 11 is 11.4. The Hall–Kier alpha value is -11.8. The first kappa shape index (κ1) is 109. The van der Waals surface area contributed by atoms with Crippen LogP contribution in [0.2, 0.25) is 0 Å². The lowest BCUT2D eigenvalue weighted by Gasteiger charge is -2.28. The van der Waals surface area contributed by atoms with Crippen LogP contribution in [0.3, 0.4) is 0 Å². The molecule has 0 spiro atoms. The second-order valence-corrected chi connectivity index (χ2v) is 38.9. The number of nitrogens with one attached hydrogen (secondary N) is 4. The zero-order chi connectivity index (χ0) is 104. The molecule has 4 aliphatic rings. The predicted molar refractivity (Wildman–Crippen MR) is 528 cm³/mol. The molecule has 4 amide bonds. The van der Waals surface area contributed by atoms with Gasteiger partial charge in [-0.3, -0.25) is 19.2 Å². The molecule has 16 rings (SSSR count). The lowest BCUT2D eigenvalue weighted by Crippen LogP contribution is -2.31. The average Bonchev–Trinajstić information content (AvgIpc) is 0.802. The van der Waals surface area contributed by atoms with Gasteiger partial charge in [0.15, 0.2) is 0 Å². The first-order chi connectivity index (χ1) is 68.6. The van der Waals surface area contributed by atoms with Gasteiger partial charge >= 0.3 is 0 Å². The molecule has 4 aromatic heterocycles. The molecule has 0 aliphatic heterocycles. The Labute approximate surface area is 854 Å². The summed E-state index contributed by atoms with van der Waals surface area (Å²) in [4.78, 5) is 85.4. The summed E-state index contributed by atoms with van der Waals surface area (Å²) in [6.45, 7) is -2.10. The number of carbonyl (C=O) groups is 4. The number of hydrogen-bond donors (Lipinski definition) is 16. The Morgan fingerprint density at radius 3 is 0.736 bits per heavy atom. The van der Waals surface area contributed by atoms with Crippen molar-refractivity contribution >= 4 is 117 Å². The molecule has 44 heteroatoms. The van der Waals surface area contributed by atoms with Gasteiger partial charge in [-0.1, -0.05) is 72.1 Å². The smallest absolute Gasteiger partial charge is 0.254 e. The van der Waals surface area contributed by atoms with Crippen molar-refractivity contribution in [3.63, 3.8) is 0 Å². The van der Waals surface area contributed by atoms with E-state index in [1.165, 1.54) is 122 Å². The van der Waals surface area contributed by atoms with Crippen LogP contribution in [0.25, 0.3) is 45.0 Å². The van der Waals surface area contributed by atoms with Gasteiger partial charge in [-0.05, 0) is 243 Å². The largest absolute Gasteiger partial charge is 0.394 e. The molecular formula is C100H96Br3F12IN16O12. The number of anilines is 4. The number of rotatable bonds is 24. The molecule has 0 unspecified atom stereocenters. The van der Waals surface area contributed by atoms with Crippen LogP contribution in [0.4, 0.5) is 76.0 Å². The van der Waals surface area contributed by atoms with Crippen LogP contribution in [0.5, 0.6) is 0 Å². The number of carbonyl (C=O) groups excluding carboxylic acids is 4. The summed E-state index contributed by atoms with van der Waals surface area (Å²) < 4.78 is 173. The molecule has 144 heavy (non-hydrogen) atoms. The Morgan fingerprint density at radius 1 is 0.326 bits per heavy atom. The van der Waals surface area contributed by atoms with E-state index in [9.17, 15) is 108 Å². The van der Waals surface area contributed by atoms with Gasteiger partial charge in [-0.15, -0.1) is 0 Å². The minimum atomic E-state index is -1.36. The van der Waals surface area contributed by atoms with Crippen molar-refractivity contribution in [2.45, 2.75) is 174 Å². The van der Waals surface area contributed by atoms with Crippen molar-refractivity contribution in [2.24, 2.45) is 0 Å². The Morgan fingerprint density at radius 2 is 0.542 bits per heavy atom. The first-order valence-electron chi connectivity index (χ1n) is 45.1. The van der Waals surface area contributed by atoms with Crippen molar-refractivity contribution in [3.8, 4) is 45.0 Å². The standard InChI is InChI=1S/3C25H24BrF3N4O3.C25H24F3IN4O3/c3*26-15-5-14(6-16(27)9-15)21(11-34)33-25(36)17-3-1-13(8-18(17)28)23-24(30)31-10-20(32-23)12-2-4-22(35)19(29)7-12;26-15-5-14(6-16(29)9-15)21(11-34)33-25(36)17-3-1-13(8-18(17)27)23-24(30)31-10-20(32-23)12-2-4-22(35)19(28)7-12/h4*1,3,5-6,8-10,12,19,21-22,34-35H,2,4,7,11H2,(H2,30,31)(H,33,36)/t12-,19+,21+,22-;12-,19+,21-,22-;12-,19-,21+,22+;12-,19-,21+,22-/m0100/s1. The fourth-order valence-corrected chi connectivity index (χ4v) is 19.2. The molecule has 28 nitrogen and oxygen atoms in total. The molecule has 4 saturated carbocycles. The number of aromatic nitrogens is 8. The monoisotopic (exact) mass is 2300 g/mol. The van der Waals surface area contributed by atoms with Crippen LogP contribution in [0.15, 0.2) is 184 Å². The van der Waals surface area contributed by atoms with E-state index in [-0.39, 0.29) is 140 Å². The second-order valence-electron chi connectivity index (χ2n) is 34.9. The number of benzene rings is 8. The molecule has 0 bridgehead atoms. The Kier molecular flexibility index (Phi) is 37.5. The molecule has 4 heterocycles. The number of hydrogen-bond acceptors (Lipinski definition) is 24. The van der Waals surface area contributed by atoms with Crippen molar-refractivity contribution in [1.29, 1.82) is 0 Å². The van der Waals surface area contributed by atoms with Crippen LogP contribution >= 0.6 is 70.4 Å². The number of aliphatic hydroxyl groups excluding tert-OH is 8. The van der Waals surface area contributed by atoms with E-state index >= 15 is 4.39 Å². The molecule has 4 aliphatic carbocycles. The van der Waals surface area contributed by atoms with Crippen LogP contribution in [0, 0.1) is 50.1 Å². The average molecular weight is 2310 g/mol. The topological polar surface area (TPSA) is 485 Å². The molecule has 12 aromatic rings. The number of alkyl halides is 4. The van der Waals surface area contributed by atoms with E-state index in [4.69, 9.17) is 22.9 Å². The first-order valence-corrected chi connectivity index (χ1v) is 48.6. The van der Waals surface area contributed by atoms with Gasteiger partial charge in [0.05, 0.1) is 145 Å². The molecule has 4 fully saturated rings. The van der Waals surface area contributed by atoms with Gasteiger partial charge < -0.3 is 85.1 Å². The van der Waals surface area contributed by atoms with Gasteiger partial charge in [-0.2, -0.15) is 0 Å². The predicted octanol–water partition coefficient (Wildman–Crippen LogP) is 16.6. The maximum absolute atomic E-state index is 15.0. The maximum Gasteiger partial charge on any atom is 0.254 e. The van der Waals surface area contributed by atoms with E-state index in [0.29, 0.717) is 113 Å². The van der Waals surface area contributed by atoms with Crippen molar-refractivity contribution in [2.75, 3.05) is 49.4 Å². The van der Waals surface area contributed by atoms with Crippen molar-refractivity contribution in [3.05, 3.63) is 301 Å². The summed E-state index contributed by atoms with van der Waals surface area (Å²) in [5.41, 5.74) is 27.8. The third kappa shape index (κ3) is 27.7. The number of nitrogens with two attached hydrogens (primary N) is 4. The summed E-state index contributed by atoms with van der Waals surface area (Å²) in [5.74, 6) is -9.72. The van der Waals surface area contributed by atoms with Gasteiger partial charge in [0, 0.05) is 62.9 Å². The number of halogens is 16. The van der Waals surface area contributed by atoms with Gasteiger partial charge in [-0.25, -0.2) is 92.6 Å². The molecule has 8 aromatic carbocycles. The van der Waals surface area contributed by atoms with E-state index in [0.717, 1.165) is 42.5 Å². The minimum Gasteiger partial charge on any atom is -0.394 e. The summed E-state index contributed by atoms with van der Waals surface area (Å²) in [6, 6.07) is 27.3. The third-order valence-corrected chi connectivity index (χ3v) is 26.9. The second kappa shape index (κ2) is 49.4. The number of amides is 4. The van der Waals surface area contributed by atoms with E-state index in [2.05, 4.69) is 109 Å². The zero-order valence-electron chi connectivity index (χ0n) is 75.9. The van der Waals surface area contributed by atoms with E-state index in [1.807, 2.05) is 22.6 Å². The highest BCUT2D eigenvalue weighted by atomic mass is 127. The van der Waals surface area contributed by atoms with Crippen LogP contribution in [-0.4, -0.2) is 180 Å². The number of nitrogen functional groups attached to an aromatic ring is 4. The quantitative estimate of drug-likeness (QED) is 0.0197. The molecular weight excluding hydrogens is 2210 g/mol. The highest BCUT2D eigenvalue weighted by Gasteiger charge is 2.37. The third-order valence-electron chi connectivity index (χ3n) is 25.0. The molecule has 0 saturated heterocycles. The van der Waals surface area contributed by atoms with Gasteiger partial charge in [0.2, 0.25) is 0 Å². The summed E-state index contributed by atoms with van der Waals surface area (Å²) in [6.07, 6.45) is 0.0760. The molecule has 760 valence electrons. The van der Waals surface area contributed by atoms with Gasteiger partial charge in [0.25, 0.3) is 23.6 Å². The fraction of sp³-hybridized carbons (Fsp3) is 0.320. The molecule has 0 radical (unpaired) electrons. The lowest BCUT2D eigenvalue weighted by atomic mass is 9.84.